The van der Waals surface area contributed by atoms with Gasteiger partial charge < -0.3 is 9.84 Å². The molecule has 0 aliphatic carbocycles. The molecular formula is C9H11F7O2. The maximum absolute atomic E-state index is 13.1. The highest BCUT2D eigenvalue weighted by molar-refractivity contribution is 5.11. The normalized spacial score (nSPS) is 17.9. The molecule has 0 aliphatic rings. The molecule has 0 aliphatic heterocycles. The lowest BCUT2D eigenvalue weighted by Gasteiger charge is -2.36. The van der Waals surface area contributed by atoms with Crippen LogP contribution in [0.1, 0.15) is 13.8 Å². The van der Waals surface area contributed by atoms with Gasteiger partial charge in [0.05, 0.1) is 12.9 Å². The minimum Gasteiger partial charge on any atom is -0.502 e. The Morgan fingerprint density at radius 2 is 1.44 bits per heavy atom. The largest absolute Gasteiger partial charge is 0.502 e. The van der Waals surface area contributed by atoms with Crippen LogP contribution in [0, 0.1) is 0 Å². The number of halogens is 7. The van der Waals surface area contributed by atoms with Crippen molar-refractivity contribution in [1.29, 1.82) is 0 Å². The van der Waals surface area contributed by atoms with Gasteiger partial charge in [-0.2, -0.15) is 30.7 Å². The highest BCUT2D eigenvalue weighted by atomic mass is 19.4. The van der Waals surface area contributed by atoms with Crippen LogP contribution in [0.3, 0.4) is 0 Å². The van der Waals surface area contributed by atoms with E-state index in [1.165, 1.54) is 6.92 Å². The zero-order chi connectivity index (χ0) is 14.8. The molecule has 108 valence electrons. The topological polar surface area (TPSA) is 29.5 Å². The first-order valence-corrected chi connectivity index (χ1v) is 4.65. The summed E-state index contributed by atoms with van der Waals surface area (Å²) in [4.78, 5) is 0. The maximum atomic E-state index is 13.1. The molecule has 0 rings (SSSR count). The smallest absolute Gasteiger partial charge is 0.460 e. The van der Waals surface area contributed by atoms with E-state index < -0.39 is 23.6 Å². The molecule has 1 atom stereocenters. The van der Waals surface area contributed by atoms with E-state index in [0.29, 0.717) is 6.26 Å². The molecule has 0 aromatic carbocycles. The predicted molar refractivity (Wildman–Crippen MR) is 47.3 cm³/mol. The number of rotatable bonds is 5. The molecule has 0 saturated carbocycles. The van der Waals surface area contributed by atoms with E-state index >= 15 is 0 Å². The monoisotopic (exact) mass is 284 g/mol. The molecule has 2 nitrogen and oxygen atoms in total. The minimum atomic E-state index is -6.49. The average molecular weight is 284 g/mol. The lowest BCUT2D eigenvalue weighted by atomic mass is 9.92. The fraction of sp³-hybridized carbons (Fsp3) is 0.778. The molecule has 0 unspecified atom stereocenters. The van der Waals surface area contributed by atoms with Crippen molar-refractivity contribution in [2.75, 3.05) is 6.61 Å². The van der Waals surface area contributed by atoms with Gasteiger partial charge in [-0.15, -0.1) is 0 Å². The van der Waals surface area contributed by atoms with Crippen molar-refractivity contribution in [3.8, 4) is 0 Å². The summed E-state index contributed by atoms with van der Waals surface area (Å²) in [6.45, 7) is 1.51. The lowest BCUT2D eigenvalue weighted by molar-refractivity contribution is -0.379. The van der Waals surface area contributed by atoms with Crippen molar-refractivity contribution >= 4 is 0 Å². The summed E-state index contributed by atoms with van der Waals surface area (Å²) in [5, 5.41) is 9.07. The first-order chi connectivity index (χ1) is 7.81. The highest BCUT2D eigenvalue weighted by Crippen LogP contribution is 2.51. The van der Waals surface area contributed by atoms with Crippen LogP contribution in [-0.4, -0.2) is 35.3 Å². The van der Waals surface area contributed by atoms with Crippen molar-refractivity contribution in [1.82, 2.24) is 0 Å². The standard InChI is InChI=1S/C9H11F7O2/c1-3-18-5-4-6(2,17)7(10,11)8(12,13)9(14,15)16/h4-5,17H,3H2,1-2H3/b5-4+/t6-/m0/s1. The van der Waals surface area contributed by atoms with E-state index in [9.17, 15) is 30.7 Å². The molecule has 1 N–H and O–H groups in total. The third-order valence-corrected chi connectivity index (χ3v) is 2.04. The predicted octanol–water partition coefficient (Wildman–Crippen LogP) is 3.12. The van der Waals surface area contributed by atoms with Crippen LogP contribution in [0.25, 0.3) is 0 Å². The Hall–Kier alpha value is -0.990. The quantitative estimate of drug-likeness (QED) is 0.621. The van der Waals surface area contributed by atoms with Gasteiger partial charge in [0.15, 0.2) is 5.60 Å². The number of alkyl halides is 7. The molecule has 0 fully saturated rings. The first kappa shape index (κ1) is 17.0. The summed E-state index contributed by atoms with van der Waals surface area (Å²) in [7, 11) is 0. The maximum Gasteiger partial charge on any atom is 0.460 e. The van der Waals surface area contributed by atoms with Crippen LogP contribution in [0.15, 0.2) is 12.3 Å². The number of hydrogen-bond donors (Lipinski definition) is 1. The molecule has 0 radical (unpaired) electrons. The zero-order valence-electron chi connectivity index (χ0n) is 9.36. The second-order valence-electron chi connectivity index (χ2n) is 3.55. The van der Waals surface area contributed by atoms with E-state index in [1.807, 2.05) is 0 Å². The van der Waals surface area contributed by atoms with Crippen LogP contribution in [0.5, 0.6) is 0 Å². The fourth-order valence-electron chi connectivity index (χ4n) is 0.877. The van der Waals surface area contributed by atoms with Gasteiger partial charge in [-0.05, 0) is 19.9 Å². The molecule has 0 amide bonds. The van der Waals surface area contributed by atoms with Crippen LogP contribution in [0.2, 0.25) is 0 Å². The molecule has 18 heavy (non-hydrogen) atoms. The van der Waals surface area contributed by atoms with Gasteiger partial charge in [0.2, 0.25) is 0 Å². The third-order valence-electron chi connectivity index (χ3n) is 2.04. The van der Waals surface area contributed by atoms with Gasteiger partial charge in [0, 0.05) is 0 Å². The van der Waals surface area contributed by atoms with E-state index in [4.69, 9.17) is 5.11 Å². The summed E-state index contributed by atoms with van der Waals surface area (Å²) in [6.07, 6.45) is -6.02. The van der Waals surface area contributed by atoms with Crippen LogP contribution < -0.4 is 0 Å². The molecular weight excluding hydrogens is 273 g/mol. The van der Waals surface area contributed by atoms with E-state index in [1.54, 1.807) is 0 Å². The Morgan fingerprint density at radius 3 is 1.78 bits per heavy atom. The van der Waals surface area contributed by atoms with Crippen LogP contribution in [-0.2, 0) is 4.74 Å². The van der Waals surface area contributed by atoms with Crippen LogP contribution in [0.4, 0.5) is 30.7 Å². The number of hydrogen-bond acceptors (Lipinski definition) is 2. The van der Waals surface area contributed by atoms with E-state index in [0.717, 1.165) is 0 Å². The Morgan fingerprint density at radius 1 is 1.00 bits per heavy atom. The average Bonchev–Trinajstić information content (AvgIpc) is 2.15. The van der Waals surface area contributed by atoms with Gasteiger partial charge in [0.25, 0.3) is 0 Å². The summed E-state index contributed by atoms with van der Waals surface area (Å²) < 4.78 is 91.3. The van der Waals surface area contributed by atoms with Crippen molar-refractivity contribution in [3.63, 3.8) is 0 Å². The molecule has 0 heterocycles. The molecule has 9 heteroatoms. The van der Waals surface area contributed by atoms with Crippen molar-refractivity contribution < 1.29 is 40.6 Å². The second kappa shape index (κ2) is 4.94. The van der Waals surface area contributed by atoms with Crippen LogP contribution >= 0.6 is 0 Å². The Labute approximate surface area is 98.0 Å². The summed E-state index contributed by atoms with van der Waals surface area (Å²) in [6, 6.07) is 0. The summed E-state index contributed by atoms with van der Waals surface area (Å²) >= 11 is 0. The second-order valence-corrected chi connectivity index (χ2v) is 3.55. The first-order valence-electron chi connectivity index (χ1n) is 4.65. The van der Waals surface area contributed by atoms with Gasteiger partial charge in [-0.1, -0.05) is 0 Å². The SMILES string of the molecule is CCO/C=C/[C@](C)(O)C(F)(F)C(F)(F)C(F)(F)F. The van der Waals surface area contributed by atoms with Gasteiger partial charge in [-0.25, -0.2) is 0 Å². The zero-order valence-corrected chi connectivity index (χ0v) is 9.36. The van der Waals surface area contributed by atoms with E-state index in [-0.39, 0.29) is 19.6 Å². The Bertz CT molecular complexity index is 307. The highest BCUT2D eigenvalue weighted by Gasteiger charge is 2.78. The summed E-state index contributed by atoms with van der Waals surface area (Å²) in [5.74, 6) is -12.1. The number of aliphatic hydroxyl groups is 1. The van der Waals surface area contributed by atoms with Gasteiger partial charge >= 0.3 is 18.0 Å². The van der Waals surface area contributed by atoms with E-state index in [2.05, 4.69) is 4.74 Å². The summed E-state index contributed by atoms with van der Waals surface area (Å²) in [5.41, 5.74) is -3.72. The fourth-order valence-corrected chi connectivity index (χ4v) is 0.877. The van der Waals surface area contributed by atoms with Gasteiger partial charge in [-0.3, -0.25) is 0 Å². The molecule has 0 aromatic rings. The Kier molecular flexibility index (Phi) is 4.67. The number of ether oxygens (including phenoxy) is 1. The molecule has 0 saturated heterocycles. The molecule has 0 aromatic heterocycles. The third kappa shape index (κ3) is 2.88. The Balaban J connectivity index is 5.36. The van der Waals surface area contributed by atoms with Crippen molar-refractivity contribution in [2.24, 2.45) is 0 Å². The molecule has 0 spiro atoms. The minimum absolute atomic E-state index is 0.0339. The van der Waals surface area contributed by atoms with Crippen molar-refractivity contribution in [3.05, 3.63) is 12.3 Å². The lowest BCUT2D eigenvalue weighted by Crippen LogP contribution is -2.62. The van der Waals surface area contributed by atoms with Gasteiger partial charge in [0.1, 0.15) is 0 Å². The molecule has 0 bridgehead atoms. The van der Waals surface area contributed by atoms with Crippen molar-refractivity contribution in [2.45, 2.75) is 37.5 Å².